The van der Waals surface area contributed by atoms with Crippen LogP contribution in [-0.4, -0.2) is 34.8 Å². The Morgan fingerprint density at radius 2 is 2.09 bits per heavy atom. The van der Waals surface area contributed by atoms with Gasteiger partial charge in [-0.25, -0.2) is 4.98 Å². The highest BCUT2D eigenvalue weighted by molar-refractivity contribution is 5.92. The first kappa shape index (κ1) is 16.5. The van der Waals surface area contributed by atoms with Crippen molar-refractivity contribution in [2.45, 2.75) is 40.5 Å². The number of nitrogens with one attached hydrogen (secondary N) is 1. The third kappa shape index (κ3) is 4.06. The molecular formula is C17H25N3O2. The summed E-state index contributed by atoms with van der Waals surface area (Å²) in [6.07, 6.45) is 3.36. The van der Waals surface area contributed by atoms with Crippen LogP contribution in [0, 0.1) is 18.3 Å². The average Bonchev–Trinajstić information content (AvgIpc) is 2.45. The van der Waals surface area contributed by atoms with Crippen molar-refractivity contribution in [3.8, 4) is 0 Å². The molecule has 0 radical (unpaired) electrons. The van der Waals surface area contributed by atoms with Crippen molar-refractivity contribution >= 4 is 17.6 Å². The Labute approximate surface area is 132 Å². The Balaban J connectivity index is 2.00. The highest BCUT2D eigenvalue weighted by Gasteiger charge is 2.33. The van der Waals surface area contributed by atoms with Crippen molar-refractivity contribution < 1.29 is 9.59 Å². The molecule has 120 valence electrons. The van der Waals surface area contributed by atoms with E-state index in [1.807, 2.05) is 44.7 Å². The number of hydrogen-bond acceptors (Lipinski definition) is 3. The topological polar surface area (TPSA) is 62.3 Å². The molecule has 1 aliphatic heterocycles. The lowest BCUT2D eigenvalue weighted by atomic mass is 9.91. The first-order valence-electron chi connectivity index (χ1n) is 7.80. The molecule has 2 rings (SSSR count). The van der Waals surface area contributed by atoms with E-state index < -0.39 is 5.41 Å². The summed E-state index contributed by atoms with van der Waals surface area (Å²) in [6, 6.07) is 3.73. The molecule has 1 N–H and O–H groups in total. The fraction of sp³-hybridized carbons (Fsp3) is 0.588. The highest BCUT2D eigenvalue weighted by atomic mass is 16.2. The number of likely N-dealkylation sites (tertiary alicyclic amines) is 1. The lowest BCUT2D eigenvalue weighted by Crippen LogP contribution is -2.47. The number of aromatic nitrogens is 1. The Kier molecular flexibility index (Phi) is 4.84. The van der Waals surface area contributed by atoms with Gasteiger partial charge in [0.05, 0.1) is 5.92 Å². The maximum Gasteiger partial charge on any atom is 0.230 e. The Morgan fingerprint density at radius 1 is 1.36 bits per heavy atom. The van der Waals surface area contributed by atoms with Gasteiger partial charge in [0.2, 0.25) is 11.8 Å². The lowest BCUT2D eigenvalue weighted by molar-refractivity contribution is -0.142. The number of aryl methyl sites for hydroxylation is 1. The average molecular weight is 303 g/mol. The number of carbonyl (C=O) groups is 2. The van der Waals surface area contributed by atoms with Crippen molar-refractivity contribution in [2.24, 2.45) is 11.3 Å². The molecule has 0 unspecified atom stereocenters. The quantitative estimate of drug-likeness (QED) is 0.913. The zero-order chi connectivity index (χ0) is 16.3. The molecule has 1 fully saturated rings. The summed E-state index contributed by atoms with van der Waals surface area (Å²) in [5.74, 6) is 0.467. The van der Waals surface area contributed by atoms with Crippen molar-refractivity contribution in [1.29, 1.82) is 0 Å². The molecular weight excluding hydrogens is 278 g/mol. The normalized spacial score (nSPS) is 18.9. The zero-order valence-electron chi connectivity index (χ0n) is 13.8. The van der Waals surface area contributed by atoms with Crippen LogP contribution in [0.15, 0.2) is 18.3 Å². The molecule has 2 amide bonds. The van der Waals surface area contributed by atoms with Gasteiger partial charge >= 0.3 is 0 Å². The van der Waals surface area contributed by atoms with Crippen LogP contribution < -0.4 is 5.32 Å². The lowest BCUT2D eigenvalue weighted by Gasteiger charge is -2.35. The summed E-state index contributed by atoms with van der Waals surface area (Å²) < 4.78 is 0. The van der Waals surface area contributed by atoms with Crippen LogP contribution in [0.25, 0.3) is 0 Å². The van der Waals surface area contributed by atoms with Crippen LogP contribution in [0.5, 0.6) is 0 Å². The van der Waals surface area contributed by atoms with Crippen LogP contribution in [0.3, 0.4) is 0 Å². The summed E-state index contributed by atoms with van der Waals surface area (Å²) in [5.41, 5.74) is 0.648. The van der Waals surface area contributed by atoms with Crippen molar-refractivity contribution in [3.05, 3.63) is 23.9 Å². The van der Waals surface area contributed by atoms with Crippen LogP contribution in [0.2, 0.25) is 0 Å². The molecule has 0 aromatic carbocycles. The molecule has 0 spiro atoms. The van der Waals surface area contributed by atoms with Crippen LogP contribution in [0.4, 0.5) is 5.82 Å². The van der Waals surface area contributed by atoms with Gasteiger partial charge in [0, 0.05) is 24.7 Å². The Bertz CT molecular complexity index is 563. The van der Waals surface area contributed by atoms with Crippen LogP contribution in [0.1, 0.15) is 39.2 Å². The van der Waals surface area contributed by atoms with E-state index in [1.165, 1.54) is 0 Å². The Morgan fingerprint density at radius 3 is 2.73 bits per heavy atom. The largest absolute Gasteiger partial charge is 0.341 e. The first-order valence-corrected chi connectivity index (χ1v) is 7.80. The van der Waals surface area contributed by atoms with Crippen LogP contribution >= 0.6 is 0 Å². The predicted octanol–water partition coefficient (Wildman–Crippen LogP) is 2.61. The van der Waals surface area contributed by atoms with Gasteiger partial charge < -0.3 is 10.2 Å². The van der Waals surface area contributed by atoms with Gasteiger partial charge in [0.15, 0.2) is 0 Å². The second-order valence-electron chi connectivity index (χ2n) is 7.05. The molecule has 1 atom stereocenters. The molecule has 1 saturated heterocycles. The molecule has 2 heterocycles. The third-order valence-electron chi connectivity index (χ3n) is 3.89. The third-order valence-corrected chi connectivity index (χ3v) is 3.89. The van der Waals surface area contributed by atoms with Gasteiger partial charge in [-0.3, -0.25) is 9.59 Å². The first-order chi connectivity index (χ1) is 10.3. The fourth-order valence-corrected chi connectivity index (χ4v) is 2.68. The molecule has 5 heteroatoms. The summed E-state index contributed by atoms with van der Waals surface area (Å²) >= 11 is 0. The fourth-order valence-electron chi connectivity index (χ4n) is 2.68. The number of amides is 2. The predicted molar refractivity (Wildman–Crippen MR) is 86.4 cm³/mol. The molecule has 22 heavy (non-hydrogen) atoms. The van der Waals surface area contributed by atoms with Crippen molar-refractivity contribution in [2.75, 3.05) is 18.4 Å². The number of hydrogen-bond donors (Lipinski definition) is 1. The van der Waals surface area contributed by atoms with Crippen molar-refractivity contribution in [3.63, 3.8) is 0 Å². The van der Waals surface area contributed by atoms with E-state index in [9.17, 15) is 9.59 Å². The number of anilines is 1. The maximum atomic E-state index is 12.4. The number of piperidine rings is 1. The van der Waals surface area contributed by atoms with Gasteiger partial charge in [-0.15, -0.1) is 0 Å². The molecule has 5 nitrogen and oxygen atoms in total. The molecule has 0 bridgehead atoms. The SMILES string of the molecule is Cc1ccnc(NC(=O)[C@H]2CCCN(C(=O)C(C)(C)C)C2)c1. The van der Waals surface area contributed by atoms with E-state index in [0.717, 1.165) is 24.9 Å². The summed E-state index contributed by atoms with van der Waals surface area (Å²) in [5, 5.41) is 2.86. The van der Waals surface area contributed by atoms with E-state index in [0.29, 0.717) is 12.4 Å². The van der Waals surface area contributed by atoms with Gasteiger partial charge in [-0.2, -0.15) is 0 Å². The van der Waals surface area contributed by atoms with Gasteiger partial charge in [-0.05, 0) is 37.5 Å². The Hall–Kier alpha value is -1.91. The van der Waals surface area contributed by atoms with Crippen molar-refractivity contribution in [1.82, 2.24) is 9.88 Å². The van der Waals surface area contributed by atoms with E-state index in [-0.39, 0.29) is 17.7 Å². The molecule has 0 aliphatic carbocycles. The summed E-state index contributed by atoms with van der Waals surface area (Å²) in [4.78, 5) is 30.8. The summed E-state index contributed by atoms with van der Waals surface area (Å²) in [6.45, 7) is 8.93. The minimum atomic E-state index is -0.406. The molecule has 1 aromatic rings. The second kappa shape index (κ2) is 6.46. The standard InChI is InChI=1S/C17H25N3O2/c1-12-7-8-18-14(10-12)19-15(21)13-6-5-9-20(11-13)16(22)17(2,3)4/h7-8,10,13H,5-6,9,11H2,1-4H3,(H,18,19,21)/t13-/m0/s1. The number of nitrogens with zero attached hydrogens (tertiary/aromatic N) is 2. The number of rotatable bonds is 2. The van der Waals surface area contributed by atoms with Gasteiger partial charge in [0.1, 0.15) is 5.82 Å². The molecule has 1 aliphatic rings. The highest BCUT2D eigenvalue weighted by Crippen LogP contribution is 2.24. The van der Waals surface area contributed by atoms with E-state index in [2.05, 4.69) is 10.3 Å². The maximum absolute atomic E-state index is 12.4. The minimum absolute atomic E-state index is 0.0514. The van der Waals surface area contributed by atoms with E-state index in [4.69, 9.17) is 0 Å². The molecule has 1 aromatic heterocycles. The number of carbonyl (C=O) groups excluding carboxylic acids is 2. The van der Waals surface area contributed by atoms with E-state index >= 15 is 0 Å². The van der Waals surface area contributed by atoms with E-state index in [1.54, 1.807) is 6.20 Å². The molecule has 0 saturated carbocycles. The van der Waals surface area contributed by atoms with Gasteiger partial charge in [0.25, 0.3) is 0 Å². The number of pyridine rings is 1. The smallest absolute Gasteiger partial charge is 0.230 e. The van der Waals surface area contributed by atoms with Crippen LogP contribution in [-0.2, 0) is 9.59 Å². The minimum Gasteiger partial charge on any atom is -0.341 e. The zero-order valence-corrected chi connectivity index (χ0v) is 13.8. The van der Waals surface area contributed by atoms with Gasteiger partial charge in [-0.1, -0.05) is 20.8 Å². The second-order valence-corrected chi connectivity index (χ2v) is 7.05. The monoisotopic (exact) mass is 303 g/mol. The summed E-state index contributed by atoms with van der Waals surface area (Å²) in [7, 11) is 0.